The molecule has 1 aromatic heterocycles. The average molecular weight is 226 g/mol. The summed E-state index contributed by atoms with van der Waals surface area (Å²) in [5.74, 6) is 0.856. The topological polar surface area (TPSA) is 123 Å². The molecule has 0 aliphatic rings. The van der Waals surface area contributed by atoms with Gasteiger partial charge in [0.2, 0.25) is 11.9 Å². The number of aliphatic hydroxyl groups is 1. The van der Waals surface area contributed by atoms with Gasteiger partial charge in [-0.1, -0.05) is 6.92 Å². The Bertz CT molecular complexity index is 325. The molecule has 1 aromatic rings. The first kappa shape index (κ1) is 12.6. The molecular weight excluding hydrogens is 208 g/mol. The van der Waals surface area contributed by atoms with E-state index in [1.54, 1.807) is 0 Å². The minimum absolute atomic E-state index is 0.0409. The third kappa shape index (κ3) is 3.28. The largest absolute Gasteiger partial charge is 0.395 e. The van der Waals surface area contributed by atoms with Crippen molar-refractivity contribution in [1.82, 2.24) is 20.3 Å². The summed E-state index contributed by atoms with van der Waals surface area (Å²) in [6.45, 7) is 4.57. The molecule has 0 amide bonds. The SMILES string of the molecule is CC(NCCO)C(C)c1nc(N)nc(N)n1. The van der Waals surface area contributed by atoms with Gasteiger partial charge in [0, 0.05) is 18.5 Å². The number of nitrogens with zero attached hydrogens (tertiary/aromatic N) is 3. The zero-order valence-electron chi connectivity index (χ0n) is 9.51. The van der Waals surface area contributed by atoms with Crippen molar-refractivity contribution >= 4 is 11.9 Å². The first-order valence-electron chi connectivity index (χ1n) is 5.15. The quantitative estimate of drug-likeness (QED) is 0.513. The first-order valence-corrected chi connectivity index (χ1v) is 5.15. The van der Waals surface area contributed by atoms with Gasteiger partial charge >= 0.3 is 0 Å². The molecule has 7 nitrogen and oxygen atoms in total. The summed E-state index contributed by atoms with van der Waals surface area (Å²) in [7, 11) is 0. The van der Waals surface area contributed by atoms with E-state index in [1.165, 1.54) is 0 Å². The van der Waals surface area contributed by atoms with Gasteiger partial charge in [-0.2, -0.15) is 15.0 Å². The standard InChI is InChI=1S/C9H18N6O/c1-5(6(2)12-3-4-16)7-13-8(10)15-9(11)14-7/h5-6,12,16H,3-4H2,1-2H3,(H4,10,11,13,14,15). The summed E-state index contributed by atoms with van der Waals surface area (Å²) >= 11 is 0. The van der Waals surface area contributed by atoms with E-state index in [-0.39, 0.29) is 30.5 Å². The summed E-state index contributed by atoms with van der Waals surface area (Å²) in [4.78, 5) is 11.8. The van der Waals surface area contributed by atoms with Gasteiger partial charge in [-0.25, -0.2) is 0 Å². The van der Waals surface area contributed by atoms with Crippen LogP contribution in [0, 0.1) is 0 Å². The molecule has 0 spiro atoms. The molecule has 0 aromatic carbocycles. The fourth-order valence-electron chi connectivity index (χ4n) is 1.32. The molecule has 7 heteroatoms. The Morgan fingerprint density at radius 1 is 1.19 bits per heavy atom. The summed E-state index contributed by atoms with van der Waals surface area (Å²) < 4.78 is 0. The molecule has 16 heavy (non-hydrogen) atoms. The molecule has 0 saturated heterocycles. The van der Waals surface area contributed by atoms with E-state index < -0.39 is 0 Å². The second-order valence-electron chi connectivity index (χ2n) is 3.67. The van der Waals surface area contributed by atoms with Gasteiger partial charge in [0.05, 0.1) is 6.61 Å². The van der Waals surface area contributed by atoms with E-state index in [2.05, 4.69) is 20.3 Å². The molecule has 0 aliphatic heterocycles. The van der Waals surface area contributed by atoms with Crippen LogP contribution < -0.4 is 16.8 Å². The molecule has 2 unspecified atom stereocenters. The molecule has 0 saturated carbocycles. The van der Waals surface area contributed by atoms with E-state index in [0.29, 0.717) is 12.4 Å². The van der Waals surface area contributed by atoms with Crippen LogP contribution in [0.2, 0.25) is 0 Å². The monoisotopic (exact) mass is 226 g/mol. The Kier molecular flexibility index (Phi) is 4.39. The zero-order chi connectivity index (χ0) is 12.1. The van der Waals surface area contributed by atoms with Crippen molar-refractivity contribution < 1.29 is 5.11 Å². The summed E-state index contributed by atoms with van der Waals surface area (Å²) in [6.07, 6.45) is 0. The van der Waals surface area contributed by atoms with Crippen molar-refractivity contribution in [3.8, 4) is 0 Å². The molecule has 0 radical (unpaired) electrons. The van der Waals surface area contributed by atoms with Crippen LogP contribution in [0.4, 0.5) is 11.9 Å². The molecule has 1 heterocycles. The van der Waals surface area contributed by atoms with Crippen LogP contribution in [0.15, 0.2) is 0 Å². The number of nitrogens with two attached hydrogens (primary N) is 2. The van der Waals surface area contributed by atoms with Crippen molar-refractivity contribution in [2.75, 3.05) is 24.6 Å². The second-order valence-corrected chi connectivity index (χ2v) is 3.67. The number of anilines is 2. The summed E-state index contributed by atoms with van der Waals surface area (Å²) in [5, 5.41) is 11.8. The predicted octanol–water partition coefficient (Wildman–Crippen LogP) is -0.890. The first-order chi connectivity index (χ1) is 7.54. The lowest BCUT2D eigenvalue weighted by atomic mass is 10.0. The van der Waals surface area contributed by atoms with Gasteiger partial charge in [0.1, 0.15) is 5.82 Å². The van der Waals surface area contributed by atoms with Gasteiger partial charge in [0.25, 0.3) is 0 Å². The van der Waals surface area contributed by atoms with Gasteiger partial charge in [0.15, 0.2) is 0 Å². The predicted molar refractivity (Wildman–Crippen MR) is 61.6 cm³/mol. The third-order valence-corrected chi connectivity index (χ3v) is 2.42. The Labute approximate surface area is 94.3 Å². The number of nitrogens with one attached hydrogen (secondary N) is 1. The summed E-state index contributed by atoms with van der Waals surface area (Å²) in [6, 6.07) is 0.119. The molecule has 0 bridgehead atoms. The number of rotatable bonds is 5. The molecule has 2 atom stereocenters. The minimum atomic E-state index is 0.0409. The van der Waals surface area contributed by atoms with Crippen molar-refractivity contribution in [1.29, 1.82) is 0 Å². The Morgan fingerprint density at radius 2 is 1.75 bits per heavy atom. The zero-order valence-corrected chi connectivity index (χ0v) is 9.51. The van der Waals surface area contributed by atoms with Crippen molar-refractivity contribution in [3.05, 3.63) is 5.82 Å². The van der Waals surface area contributed by atoms with Crippen LogP contribution in [-0.4, -0.2) is 39.3 Å². The van der Waals surface area contributed by atoms with Gasteiger partial charge in [-0.05, 0) is 6.92 Å². The molecule has 0 fully saturated rings. The molecule has 6 N–H and O–H groups in total. The smallest absolute Gasteiger partial charge is 0.225 e. The number of hydrogen-bond acceptors (Lipinski definition) is 7. The lowest BCUT2D eigenvalue weighted by Gasteiger charge is -2.19. The maximum Gasteiger partial charge on any atom is 0.225 e. The van der Waals surface area contributed by atoms with E-state index in [0.717, 1.165) is 0 Å². The van der Waals surface area contributed by atoms with E-state index in [1.807, 2.05) is 13.8 Å². The summed E-state index contributed by atoms with van der Waals surface area (Å²) in [5.41, 5.74) is 11.0. The van der Waals surface area contributed by atoms with Crippen molar-refractivity contribution in [2.45, 2.75) is 25.8 Å². The molecule has 1 rings (SSSR count). The minimum Gasteiger partial charge on any atom is -0.395 e. The fourth-order valence-corrected chi connectivity index (χ4v) is 1.32. The highest BCUT2D eigenvalue weighted by atomic mass is 16.3. The number of aliphatic hydroxyl groups excluding tert-OH is 1. The Hall–Kier alpha value is -1.47. The lowest BCUT2D eigenvalue weighted by Crippen LogP contribution is -2.34. The third-order valence-electron chi connectivity index (χ3n) is 2.42. The van der Waals surface area contributed by atoms with Crippen LogP contribution >= 0.6 is 0 Å². The van der Waals surface area contributed by atoms with Gasteiger partial charge in [-0.3, -0.25) is 0 Å². The van der Waals surface area contributed by atoms with Gasteiger partial charge < -0.3 is 21.9 Å². The molecular formula is C9H18N6O. The normalized spacial score (nSPS) is 14.7. The van der Waals surface area contributed by atoms with Gasteiger partial charge in [-0.15, -0.1) is 0 Å². The van der Waals surface area contributed by atoms with Crippen molar-refractivity contribution in [3.63, 3.8) is 0 Å². The molecule has 0 aliphatic carbocycles. The van der Waals surface area contributed by atoms with Crippen LogP contribution in [-0.2, 0) is 0 Å². The van der Waals surface area contributed by atoms with Crippen LogP contribution in [0.5, 0.6) is 0 Å². The highest BCUT2D eigenvalue weighted by Crippen LogP contribution is 2.15. The number of nitrogen functional groups attached to an aromatic ring is 2. The fraction of sp³-hybridized carbons (Fsp3) is 0.667. The van der Waals surface area contributed by atoms with E-state index >= 15 is 0 Å². The van der Waals surface area contributed by atoms with E-state index in [9.17, 15) is 0 Å². The second kappa shape index (κ2) is 5.57. The number of hydrogen-bond donors (Lipinski definition) is 4. The lowest BCUT2D eigenvalue weighted by molar-refractivity contribution is 0.281. The number of aromatic nitrogens is 3. The van der Waals surface area contributed by atoms with Crippen molar-refractivity contribution in [2.24, 2.45) is 0 Å². The van der Waals surface area contributed by atoms with E-state index in [4.69, 9.17) is 16.6 Å². The van der Waals surface area contributed by atoms with Crippen LogP contribution in [0.3, 0.4) is 0 Å². The maximum absolute atomic E-state index is 8.71. The average Bonchev–Trinajstić information content (AvgIpc) is 2.23. The highest BCUT2D eigenvalue weighted by Gasteiger charge is 2.17. The highest BCUT2D eigenvalue weighted by molar-refractivity contribution is 5.27. The van der Waals surface area contributed by atoms with Crippen LogP contribution in [0.25, 0.3) is 0 Å². The molecule has 90 valence electrons. The maximum atomic E-state index is 8.71. The van der Waals surface area contributed by atoms with Crippen LogP contribution in [0.1, 0.15) is 25.6 Å². The Morgan fingerprint density at radius 3 is 2.25 bits per heavy atom. The Balaban J connectivity index is 2.74.